The number of hydrogen-bond acceptors (Lipinski definition) is 7. The number of aromatic nitrogens is 3. The third kappa shape index (κ3) is 8.94. The number of imidazole rings is 1. The predicted octanol–water partition coefficient (Wildman–Crippen LogP) is 1.54. The van der Waals surface area contributed by atoms with Gasteiger partial charge in [-0.25, -0.2) is 9.78 Å². The highest BCUT2D eigenvalue weighted by Crippen LogP contribution is 2.19. The predicted molar refractivity (Wildman–Crippen MR) is 169 cm³/mol. The molecule has 3 amide bonds. The molecule has 13 heteroatoms. The Labute approximate surface area is 259 Å². The highest BCUT2D eigenvalue weighted by atomic mass is 32.2. The van der Waals surface area contributed by atoms with Gasteiger partial charge in [0.15, 0.2) is 0 Å². The summed E-state index contributed by atoms with van der Waals surface area (Å²) in [5.74, 6) is -2.42. The van der Waals surface area contributed by atoms with E-state index in [0.717, 1.165) is 22.0 Å². The molecule has 0 bridgehead atoms. The van der Waals surface area contributed by atoms with Crippen molar-refractivity contribution in [2.24, 2.45) is 5.73 Å². The molecule has 2 aromatic carbocycles. The maximum Gasteiger partial charge on any atom is 0.326 e. The van der Waals surface area contributed by atoms with Gasteiger partial charge in [0, 0.05) is 48.3 Å². The van der Waals surface area contributed by atoms with E-state index in [0.29, 0.717) is 11.4 Å². The van der Waals surface area contributed by atoms with Crippen LogP contribution in [-0.2, 0) is 38.4 Å². The molecule has 0 fully saturated rings. The summed E-state index contributed by atoms with van der Waals surface area (Å²) < 4.78 is 0. The fourth-order valence-electron chi connectivity index (χ4n) is 4.83. The Morgan fingerprint density at radius 2 is 1.52 bits per heavy atom. The second-order valence-electron chi connectivity index (χ2n) is 10.4. The number of nitrogens with one attached hydrogen (secondary N) is 5. The lowest BCUT2D eigenvalue weighted by Gasteiger charge is -2.25. The summed E-state index contributed by atoms with van der Waals surface area (Å²) in [6.07, 6.45) is 7.30. The molecule has 2 aromatic heterocycles. The SMILES string of the molecule is CSCCC(NC(=O)C(Cc1c[nH]c2ccccc12)NC(=O)C(Cc1ccccc1)NC(=O)C(N)Cc1cnc[nH]1)C(=O)O. The Bertz CT molecular complexity index is 1540. The summed E-state index contributed by atoms with van der Waals surface area (Å²) in [6, 6.07) is 12.4. The van der Waals surface area contributed by atoms with E-state index in [-0.39, 0.29) is 25.7 Å². The summed E-state index contributed by atoms with van der Waals surface area (Å²) in [6.45, 7) is 0. The number of para-hydroxylation sites is 1. The van der Waals surface area contributed by atoms with Gasteiger partial charge in [-0.1, -0.05) is 48.5 Å². The zero-order valence-electron chi connectivity index (χ0n) is 24.3. The first kappa shape index (κ1) is 32.3. The van der Waals surface area contributed by atoms with E-state index in [1.54, 1.807) is 12.4 Å². The van der Waals surface area contributed by atoms with E-state index in [2.05, 4.69) is 30.9 Å². The fourth-order valence-corrected chi connectivity index (χ4v) is 5.30. The van der Waals surface area contributed by atoms with Crippen LogP contribution in [0.25, 0.3) is 10.9 Å². The fraction of sp³-hybridized carbons (Fsp3) is 0.323. The lowest BCUT2D eigenvalue weighted by atomic mass is 10.0. The van der Waals surface area contributed by atoms with Gasteiger partial charge in [-0.2, -0.15) is 11.8 Å². The van der Waals surface area contributed by atoms with Gasteiger partial charge in [0.1, 0.15) is 18.1 Å². The van der Waals surface area contributed by atoms with Crippen LogP contribution < -0.4 is 21.7 Å². The number of amides is 3. The Balaban J connectivity index is 1.57. The smallest absolute Gasteiger partial charge is 0.326 e. The van der Waals surface area contributed by atoms with Crippen LogP contribution in [0.4, 0.5) is 0 Å². The monoisotopic (exact) mass is 619 g/mol. The van der Waals surface area contributed by atoms with Gasteiger partial charge in [0.05, 0.1) is 12.4 Å². The van der Waals surface area contributed by atoms with E-state index < -0.39 is 47.9 Å². The Kier molecular flexibility index (Phi) is 11.5. The molecule has 0 radical (unpaired) electrons. The molecule has 8 N–H and O–H groups in total. The first-order chi connectivity index (χ1) is 21.2. The van der Waals surface area contributed by atoms with Crippen molar-refractivity contribution in [1.82, 2.24) is 30.9 Å². The van der Waals surface area contributed by atoms with Gasteiger partial charge < -0.3 is 36.8 Å². The summed E-state index contributed by atoms with van der Waals surface area (Å²) >= 11 is 1.47. The summed E-state index contributed by atoms with van der Waals surface area (Å²) in [7, 11) is 0. The molecule has 0 saturated heterocycles. The average Bonchev–Trinajstić information content (AvgIpc) is 3.68. The summed E-state index contributed by atoms with van der Waals surface area (Å²) in [5.41, 5.74) is 9.23. The van der Waals surface area contributed by atoms with Crippen LogP contribution in [0.3, 0.4) is 0 Å². The van der Waals surface area contributed by atoms with E-state index in [1.807, 2.05) is 60.9 Å². The highest BCUT2D eigenvalue weighted by Gasteiger charge is 2.31. The number of aromatic amines is 2. The average molecular weight is 620 g/mol. The number of fused-ring (bicyclic) bond motifs is 1. The molecule has 0 spiro atoms. The number of carboxylic acid groups (broad SMARTS) is 1. The number of rotatable bonds is 16. The van der Waals surface area contributed by atoms with Crippen LogP contribution in [0.15, 0.2) is 73.3 Å². The minimum Gasteiger partial charge on any atom is -0.480 e. The molecule has 232 valence electrons. The van der Waals surface area contributed by atoms with Gasteiger partial charge >= 0.3 is 5.97 Å². The van der Waals surface area contributed by atoms with Gasteiger partial charge in [-0.05, 0) is 35.6 Å². The first-order valence-electron chi connectivity index (χ1n) is 14.2. The molecule has 4 aromatic rings. The third-order valence-corrected chi connectivity index (χ3v) is 7.85. The van der Waals surface area contributed by atoms with Crippen molar-refractivity contribution in [3.05, 3.63) is 90.1 Å². The molecule has 0 aliphatic heterocycles. The number of aliphatic carboxylic acids is 1. The molecular formula is C31H37N7O5S. The van der Waals surface area contributed by atoms with Crippen molar-refractivity contribution in [2.45, 2.75) is 49.9 Å². The number of carbonyl (C=O) groups is 4. The van der Waals surface area contributed by atoms with Crippen molar-refractivity contribution < 1.29 is 24.3 Å². The minimum atomic E-state index is -1.16. The number of hydrogen-bond donors (Lipinski definition) is 7. The number of carbonyl (C=O) groups excluding carboxylic acids is 3. The molecule has 0 aliphatic rings. The van der Waals surface area contributed by atoms with Gasteiger partial charge in [0.25, 0.3) is 0 Å². The number of H-pyrrole nitrogens is 2. The maximum absolute atomic E-state index is 13.8. The normalized spacial score (nSPS) is 13.9. The molecule has 0 aliphatic carbocycles. The Morgan fingerprint density at radius 3 is 2.20 bits per heavy atom. The van der Waals surface area contributed by atoms with E-state index >= 15 is 0 Å². The van der Waals surface area contributed by atoms with Crippen molar-refractivity contribution in [2.75, 3.05) is 12.0 Å². The molecule has 4 atom stereocenters. The maximum atomic E-state index is 13.8. The first-order valence-corrected chi connectivity index (χ1v) is 15.6. The number of nitrogens with two attached hydrogens (primary N) is 1. The second kappa shape index (κ2) is 15.7. The zero-order chi connectivity index (χ0) is 31.5. The van der Waals surface area contributed by atoms with Crippen LogP contribution in [0.2, 0.25) is 0 Å². The Hall–Kier alpha value is -4.62. The lowest BCUT2D eigenvalue weighted by Crippen LogP contribution is -2.58. The number of benzene rings is 2. The van der Waals surface area contributed by atoms with Gasteiger partial charge in [-0.3, -0.25) is 14.4 Å². The van der Waals surface area contributed by atoms with E-state index in [1.165, 1.54) is 18.1 Å². The quantitative estimate of drug-likeness (QED) is 0.0981. The van der Waals surface area contributed by atoms with E-state index in [9.17, 15) is 24.3 Å². The number of nitrogens with zero attached hydrogens (tertiary/aromatic N) is 1. The molecule has 44 heavy (non-hydrogen) atoms. The summed E-state index contributed by atoms with van der Waals surface area (Å²) in [5, 5.41) is 18.7. The number of carboxylic acids is 1. The lowest BCUT2D eigenvalue weighted by molar-refractivity contribution is -0.142. The summed E-state index contributed by atoms with van der Waals surface area (Å²) in [4.78, 5) is 62.5. The van der Waals surface area contributed by atoms with Crippen LogP contribution in [0, 0.1) is 0 Å². The molecule has 0 saturated carbocycles. The third-order valence-electron chi connectivity index (χ3n) is 7.20. The highest BCUT2D eigenvalue weighted by molar-refractivity contribution is 7.98. The number of thioether (sulfide) groups is 1. The van der Waals surface area contributed by atoms with Crippen LogP contribution in [-0.4, -0.2) is 79.9 Å². The molecule has 12 nitrogen and oxygen atoms in total. The van der Waals surface area contributed by atoms with Crippen molar-refractivity contribution in [1.29, 1.82) is 0 Å². The largest absolute Gasteiger partial charge is 0.480 e. The molecule has 2 heterocycles. The molecular weight excluding hydrogens is 582 g/mol. The van der Waals surface area contributed by atoms with Crippen LogP contribution >= 0.6 is 11.8 Å². The van der Waals surface area contributed by atoms with Crippen molar-refractivity contribution in [3.63, 3.8) is 0 Å². The molecule has 4 rings (SSSR count). The standard InChI is InChI=1S/C31H37N7O5S/c1-44-12-11-25(31(42)43)36-30(41)27(14-20-16-34-24-10-6-5-9-22(20)24)38-29(40)26(13-19-7-3-2-4-8-19)37-28(39)23(32)15-21-17-33-18-35-21/h2-10,16-18,23,25-27,34H,11-15,32H2,1H3,(H,33,35)(H,36,41)(H,37,39)(H,38,40)(H,42,43). The van der Waals surface area contributed by atoms with E-state index in [4.69, 9.17) is 5.73 Å². The van der Waals surface area contributed by atoms with Gasteiger partial charge in [-0.15, -0.1) is 0 Å². The Morgan fingerprint density at radius 1 is 0.864 bits per heavy atom. The van der Waals surface area contributed by atoms with Crippen molar-refractivity contribution in [3.8, 4) is 0 Å². The van der Waals surface area contributed by atoms with Crippen LogP contribution in [0.1, 0.15) is 23.2 Å². The van der Waals surface area contributed by atoms with Crippen molar-refractivity contribution >= 4 is 46.4 Å². The minimum absolute atomic E-state index is 0.0851. The topological polar surface area (TPSA) is 195 Å². The second-order valence-corrected chi connectivity index (χ2v) is 11.4. The zero-order valence-corrected chi connectivity index (χ0v) is 25.1. The molecule has 4 unspecified atom stereocenters. The van der Waals surface area contributed by atoms with Crippen LogP contribution in [0.5, 0.6) is 0 Å². The van der Waals surface area contributed by atoms with Gasteiger partial charge in [0.2, 0.25) is 17.7 Å².